The highest BCUT2D eigenvalue weighted by Crippen LogP contribution is 2.35. The van der Waals surface area contributed by atoms with E-state index in [0.717, 1.165) is 22.4 Å². The first-order chi connectivity index (χ1) is 9.95. The lowest BCUT2D eigenvalue weighted by Gasteiger charge is -2.19. The van der Waals surface area contributed by atoms with Crippen LogP contribution >= 0.6 is 0 Å². The van der Waals surface area contributed by atoms with E-state index in [0.29, 0.717) is 11.3 Å². The van der Waals surface area contributed by atoms with Crippen LogP contribution in [0.4, 0.5) is 4.39 Å². The van der Waals surface area contributed by atoms with Gasteiger partial charge in [-0.05, 0) is 63.6 Å². The summed E-state index contributed by atoms with van der Waals surface area (Å²) in [5.74, 6) is 1.12. The van der Waals surface area contributed by atoms with Crippen LogP contribution in [0.3, 0.4) is 0 Å². The predicted molar refractivity (Wildman–Crippen MR) is 84.6 cm³/mol. The summed E-state index contributed by atoms with van der Waals surface area (Å²) in [4.78, 5) is 0. The standard InChI is InChI=1S/C18H22FNO/c1-11-9-10-12(2)18(13(11)3)21-16-8-6-7-15(19)17(16)14(4)20-5/h6-10,14,20H,1-5H3. The van der Waals surface area contributed by atoms with Crippen LogP contribution in [-0.4, -0.2) is 7.05 Å². The Balaban J connectivity index is 2.50. The van der Waals surface area contributed by atoms with Gasteiger partial charge in [-0.25, -0.2) is 4.39 Å². The van der Waals surface area contributed by atoms with Crippen molar-refractivity contribution >= 4 is 0 Å². The molecule has 3 heteroatoms. The molecule has 0 aliphatic carbocycles. The maximum atomic E-state index is 14.2. The molecule has 0 saturated heterocycles. The number of rotatable bonds is 4. The van der Waals surface area contributed by atoms with Crippen LogP contribution in [0.25, 0.3) is 0 Å². The third-order valence-electron chi connectivity index (χ3n) is 3.96. The van der Waals surface area contributed by atoms with E-state index in [9.17, 15) is 4.39 Å². The van der Waals surface area contributed by atoms with Crippen molar-refractivity contribution in [3.63, 3.8) is 0 Å². The topological polar surface area (TPSA) is 21.3 Å². The second-order valence-corrected chi connectivity index (χ2v) is 5.42. The second kappa shape index (κ2) is 6.27. The first kappa shape index (κ1) is 15.5. The van der Waals surface area contributed by atoms with Crippen LogP contribution in [-0.2, 0) is 0 Å². The molecule has 0 saturated carbocycles. The van der Waals surface area contributed by atoms with Crippen molar-refractivity contribution in [3.8, 4) is 11.5 Å². The Kier molecular flexibility index (Phi) is 4.63. The number of hydrogen-bond donors (Lipinski definition) is 1. The number of nitrogens with one attached hydrogen (secondary N) is 1. The van der Waals surface area contributed by atoms with Crippen LogP contribution in [0.15, 0.2) is 30.3 Å². The number of aryl methyl sites for hydroxylation is 2. The van der Waals surface area contributed by atoms with Crippen LogP contribution in [0.2, 0.25) is 0 Å². The fraction of sp³-hybridized carbons (Fsp3) is 0.333. The Bertz CT molecular complexity index is 652. The first-order valence-corrected chi connectivity index (χ1v) is 7.16. The summed E-state index contributed by atoms with van der Waals surface area (Å²) in [5, 5.41) is 3.07. The molecule has 0 bridgehead atoms. The van der Waals surface area contributed by atoms with Gasteiger partial charge in [-0.15, -0.1) is 0 Å². The van der Waals surface area contributed by atoms with Crippen LogP contribution < -0.4 is 10.1 Å². The summed E-state index contributed by atoms with van der Waals surface area (Å²) in [6.45, 7) is 7.99. The molecule has 2 rings (SSSR count). The summed E-state index contributed by atoms with van der Waals surface area (Å²) < 4.78 is 20.2. The molecule has 2 nitrogen and oxygen atoms in total. The average molecular weight is 287 g/mol. The molecule has 1 unspecified atom stereocenters. The summed E-state index contributed by atoms with van der Waals surface area (Å²) in [6, 6.07) is 8.93. The van der Waals surface area contributed by atoms with Crippen molar-refractivity contribution in [2.75, 3.05) is 7.05 Å². The van der Waals surface area contributed by atoms with Gasteiger partial charge in [0.2, 0.25) is 0 Å². The zero-order valence-corrected chi connectivity index (χ0v) is 13.3. The van der Waals surface area contributed by atoms with Crippen LogP contribution in [0.5, 0.6) is 11.5 Å². The van der Waals surface area contributed by atoms with E-state index in [-0.39, 0.29) is 11.9 Å². The number of ether oxygens (including phenoxy) is 1. The SMILES string of the molecule is CNC(C)c1c(F)cccc1Oc1c(C)ccc(C)c1C. The van der Waals surface area contributed by atoms with E-state index in [1.807, 2.05) is 46.9 Å². The molecule has 1 atom stereocenters. The first-order valence-electron chi connectivity index (χ1n) is 7.16. The van der Waals surface area contributed by atoms with Gasteiger partial charge in [0.15, 0.2) is 0 Å². The molecule has 1 N–H and O–H groups in total. The van der Waals surface area contributed by atoms with Crippen LogP contribution in [0.1, 0.15) is 35.2 Å². The Hall–Kier alpha value is -1.87. The highest BCUT2D eigenvalue weighted by Gasteiger charge is 2.17. The molecule has 0 aromatic heterocycles. The van der Waals surface area contributed by atoms with Crippen molar-refractivity contribution < 1.29 is 9.13 Å². The van der Waals surface area contributed by atoms with E-state index in [2.05, 4.69) is 11.4 Å². The number of benzene rings is 2. The summed E-state index contributed by atoms with van der Waals surface area (Å²) in [5.41, 5.74) is 3.85. The molecule has 0 spiro atoms. The monoisotopic (exact) mass is 287 g/mol. The van der Waals surface area contributed by atoms with Gasteiger partial charge in [-0.3, -0.25) is 0 Å². The molecule has 2 aromatic rings. The Morgan fingerprint density at radius 1 is 1.05 bits per heavy atom. The quantitative estimate of drug-likeness (QED) is 0.870. The van der Waals surface area contributed by atoms with Crippen molar-refractivity contribution in [3.05, 3.63) is 58.4 Å². The normalized spacial score (nSPS) is 12.3. The largest absolute Gasteiger partial charge is 0.456 e. The van der Waals surface area contributed by atoms with E-state index < -0.39 is 0 Å². The fourth-order valence-electron chi connectivity index (χ4n) is 2.36. The Labute approximate surface area is 126 Å². The van der Waals surface area contributed by atoms with Gasteiger partial charge in [0.1, 0.15) is 17.3 Å². The van der Waals surface area contributed by atoms with Crippen LogP contribution in [0, 0.1) is 26.6 Å². The molecule has 0 fully saturated rings. The minimum atomic E-state index is -0.252. The summed E-state index contributed by atoms with van der Waals surface area (Å²) in [6.07, 6.45) is 0. The molecular weight excluding hydrogens is 265 g/mol. The third kappa shape index (κ3) is 3.08. The molecule has 0 aliphatic rings. The van der Waals surface area contributed by atoms with Gasteiger partial charge in [0, 0.05) is 11.6 Å². The lowest BCUT2D eigenvalue weighted by atomic mass is 10.0. The van der Waals surface area contributed by atoms with E-state index in [1.165, 1.54) is 6.07 Å². The van der Waals surface area contributed by atoms with Crippen molar-refractivity contribution in [2.24, 2.45) is 0 Å². The lowest BCUT2D eigenvalue weighted by Crippen LogP contribution is -2.15. The summed E-state index contributed by atoms with van der Waals surface area (Å²) in [7, 11) is 1.81. The molecule has 0 amide bonds. The zero-order chi connectivity index (χ0) is 15.6. The molecule has 0 radical (unpaired) electrons. The van der Waals surface area contributed by atoms with Gasteiger partial charge in [0.25, 0.3) is 0 Å². The number of halogens is 1. The highest BCUT2D eigenvalue weighted by atomic mass is 19.1. The van der Waals surface area contributed by atoms with Gasteiger partial charge in [0.05, 0.1) is 0 Å². The van der Waals surface area contributed by atoms with E-state index in [1.54, 1.807) is 6.07 Å². The molecule has 112 valence electrons. The molecule has 0 heterocycles. The van der Waals surface area contributed by atoms with E-state index in [4.69, 9.17) is 4.74 Å². The fourth-order valence-corrected chi connectivity index (χ4v) is 2.36. The van der Waals surface area contributed by atoms with Gasteiger partial charge in [-0.1, -0.05) is 18.2 Å². The molecule has 2 aromatic carbocycles. The van der Waals surface area contributed by atoms with E-state index >= 15 is 0 Å². The minimum absolute atomic E-state index is 0.119. The molecular formula is C18H22FNO. The van der Waals surface area contributed by atoms with Crippen molar-refractivity contribution in [1.82, 2.24) is 5.32 Å². The maximum Gasteiger partial charge on any atom is 0.135 e. The van der Waals surface area contributed by atoms with Gasteiger partial charge in [-0.2, -0.15) is 0 Å². The summed E-state index contributed by atoms with van der Waals surface area (Å²) >= 11 is 0. The maximum absolute atomic E-state index is 14.2. The Morgan fingerprint density at radius 3 is 2.38 bits per heavy atom. The number of hydrogen-bond acceptors (Lipinski definition) is 2. The highest BCUT2D eigenvalue weighted by molar-refractivity contribution is 5.49. The zero-order valence-electron chi connectivity index (χ0n) is 13.3. The average Bonchev–Trinajstić information content (AvgIpc) is 2.47. The smallest absolute Gasteiger partial charge is 0.135 e. The van der Waals surface area contributed by atoms with Crippen molar-refractivity contribution in [1.29, 1.82) is 0 Å². The third-order valence-corrected chi connectivity index (χ3v) is 3.96. The van der Waals surface area contributed by atoms with Gasteiger partial charge < -0.3 is 10.1 Å². The lowest BCUT2D eigenvalue weighted by molar-refractivity contribution is 0.446. The van der Waals surface area contributed by atoms with Crippen molar-refractivity contribution in [2.45, 2.75) is 33.7 Å². The minimum Gasteiger partial charge on any atom is -0.456 e. The molecule has 0 aliphatic heterocycles. The predicted octanol–water partition coefficient (Wildman–Crippen LogP) is 4.82. The Morgan fingerprint density at radius 2 is 1.71 bits per heavy atom. The second-order valence-electron chi connectivity index (χ2n) is 5.42. The molecule has 21 heavy (non-hydrogen) atoms. The van der Waals surface area contributed by atoms with Gasteiger partial charge >= 0.3 is 0 Å².